The predicted octanol–water partition coefficient (Wildman–Crippen LogP) is 4.30. The fourth-order valence-electron chi connectivity index (χ4n) is 3.95. The number of nitrogens with one attached hydrogen (secondary N) is 2. The zero-order valence-corrected chi connectivity index (χ0v) is 15.8. The minimum atomic E-state index is -0.365. The number of amides is 1. The highest BCUT2D eigenvalue weighted by Gasteiger charge is 2.15. The summed E-state index contributed by atoms with van der Waals surface area (Å²) in [6, 6.07) is 21.1. The molecule has 2 heterocycles. The van der Waals surface area contributed by atoms with E-state index in [1.165, 1.54) is 5.52 Å². The van der Waals surface area contributed by atoms with Gasteiger partial charge in [-0.05, 0) is 37.3 Å². The Labute approximate surface area is 165 Å². The van der Waals surface area contributed by atoms with E-state index in [9.17, 15) is 9.59 Å². The molecular weight excluding hydrogens is 364 g/mol. The van der Waals surface area contributed by atoms with Gasteiger partial charge in [0.15, 0.2) is 5.69 Å². The maximum atomic E-state index is 12.9. The SMILES string of the molecule is CCn1c2ccccc2c2cc(NC(=O)c3n[nH]c(=O)c4ccccc34)ccc21. The van der Waals surface area contributed by atoms with Crippen molar-refractivity contribution in [2.24, 2.45) is 0 Å². The molecule has 0 aliphatic carbocycles. The number of anilines is 1. The number of aromatic amines is 1. The van der Waals surface area contributed by atoms with Crippen molar-refractivity contribution < 1.29 is 4.79 Å². The summed E-state index contributed by atoms with van der Waals surface area (Å²) in [4.78, 5) is 24.9. The highest BCUT2D eigenvalue weighted by molar-refractivity contribution is 6.13. The maximum Gasteiger partial charge on any atom is 0.276 e. The molecule has 0 fully saturated rings. The second-order valence-corrected chi connectivity index (χ2v) is 6.89. The Kier molecular flexibility index (Phi) is 3.91. The maximum absolute atomic E-state index is 12.9. The van der Waals surface area contributed by atoms with Crippen LogP contribution in [0, 0.1) is 0 Å². The molecule has 0 saturated heterocycles. The van der Waals surface area contributed by atoms with Gasteiger partial charge < -0.3 is 9.88 Å². The summed E-state index contributed by atoms with van der Waals surface area (Å²) in [6.45, 7) is 2.98. The smallest absolute Gasteiger partial charge is 0.276 e. The molecule has 5 aromatic rings. The van der Waals surface area contributed by atoms with Crippen molar-refractivity contribution in [2.75, 3.05) is 5.32 Å². The number of hydrogen-bond acceptors (Lipinski definition) is 3. The number of H-pyrrole nitrogens is 1. The average molecular weight is 382 g/mol. The largest absolute Gasteiger partial charge is 0.341 e. The first-order valence-electron chi connectivity index (χ1n) is 9.47. The molecule has 2 N–H and O–H groups in total. The molecule has 6 heteroatoms. The van der Waals surface area contributed by atoms with Gasteiger partial charge in [0.1, 0.15) is 0 Å². The van der Waals surface area contributed by atoms with Crippen molar-refractivity contribution in [3.8, 4) is 0 Å². The zero-order chi connectivity index (χ0) is 20.0. The molecule has 0 spiro atoms. The Bertz CT molecular complexity index is 1460. The van der Waals surface area contributed by atoms with E-state index in [-0.39, 0.29) is 17.2 Å². The van der Waals surface area contributed by atoms with Crippen LogP contribution in [0.5, 0.6) is 0 Å². The third-order valence-corrected chi connectivity index (χ3v) is 5.26. The first-order valence-corrected chi connectivity index (χ1v) is 9.47. The number of aromatic nitrogens is 3. The van der Waals surface area contributed by atoms with Crippen molar-refractivity contribution in [1.82, 2.24) is 14.8 Å². The van der Waals surface area contributed by atoms with Crippen LogP contribution < -0.4 is 10.9 Å². The van der Waals surface area contributed by atoms with Crippen molar-refractivity contribution in [3.63, 3.8) is 0 Å². The van der Waals surface area contributed by atoms with Crippen LogP contribution >= 0.6 is 0 Å². The molecule has 0 aliphatic heterocycles. The molecule has 2 aromatic heterocycles. The minimum Gasteiger partial charge on any atom is -0.341 e. The fourth-order valence-corrected chi connectivity index (χ4v) is 3.95. The number of hydrogen-bond donors (Lipinski definition) is 2. The highest BCUT2D eigenvalue weighted by atomic mass is 16.2. The second-order valence-electron chi connectivity index (χ2n) is 6.89. The zero-order valence-electron chi connectivity index (χ0n) is 15.8. The number of benzene rings is 3. The van der Waals surface area contributed by atoms with Crippen molar-refractivity contribution in [3.05, 3.63) is 82.8 Å². The van der Waals surface area contributed by atoms with Crippen molar-refractivity contribution in [1.29, 1.82) is 0 Å². The summed E-state index contributed by atoms with van der Waals surface area (Å²) in [6.07, 6.45) is 0. The summed E-state index contributed by atoms with van der Waals surface area (Å²) in [5.41, 5.74) is 2.85. The number of carbonyl (C=O) groups is 1. The van der Waals surface area contributed by atoms with Crippen LogP contribution in [0.4, 0.5) is 5.69 Å². The molecule has 6 nitrogen and oxygen atoms in total. The number of aryl methyl sites for hydroxylation is 1. The highest BCUT2D eigenvalue weighted by Crippen LogP contribution is 2.31. The topological polar surface area (TPSA) is 79.8 Å². The van der Waals surface area contributed by atoms with Gasteiger partial charge in [-0.25, -0.2) is 5.10 Å². The fraction of sp³-hybridized carbons (Fsp3) is 0.0870. The molecule has 0 bridgehead atoms. The van der Waals surface area contributed by atoms with Crippen LogP contribution in [-0.2, 0) is 6.54 Å². The summed E-state index contributed by atoms with van der Waals surface area (Å²) in [5.74, 6) is -0.365. The number of rotatable bonds is 3. The molecule has 29 heavy (non-hydrogen) atoms. The van der Waals surface area contributed by atoms with Crippen LogP contribution in [0.1, 0.15) is 17.4 Å². The van der Waals surface area contributed by atoms with E-state index in [0.717, 1.165) is 22.8 Å². The lowest BCUT2D eigenvalue weighted by Gasteiger charge is -2.08. The molecule has 3 aromatic carbocycles. The van der Waals surface area contributed by atoms with Crippen LogP contribution in [0.25, 0.3) is 32.6 Å². The van der Waals surface area contributed by atoms with Gasteiger partial charge in [0, 0.05) is 39.4 Å². The Morgan fingerprint density at radius 2 is 1.62 bits per heavy atom. The lowest BCUT2D eigenvalue weighted by molar-refractivity contribution is 0.102. The first kappa shape index (κ1) is 17.2. The minimum absolute atomic E-state index is 0.191. The third kappa shape index (κ3) is 2.69. The quantitative estimate of drug-likeness (QED) is 0.488. The van der Waals surface area contributed by atoms with E-state index in [2.05, 4.69) is 39.1 Å². The summed E-state index contributed by atoms with van der Waals surface area (Å²) in [5, 5.41) is 12.5. The average Bonchev–Trinajstić information content (AvgIpc) is 3.07. The van der Waals surface area contributed by atoms with Crippen LogP contribution in [0.15, 0.2) is 71.5 Å². The van der Waals surface area contributed by atoms with Gasteiger partial charge in [-0.15, -0.1) is 0 Å². The number of para-hydroxylation sites is 1. The number of fused-ring (bicyclic) bond motifs is 4. The van der Waals surface area contributed by atoms with Crippen molar-refractivity contribution in [2.45, 2.75) is 13.5 Å². The molecule has 142 valence electrons. The lowest BCUT2D eigenvalue weighted by Crippen LogP contribution is -2.19. The molecule has 0 aliphatic rings. The van der Waals surface area contributed by atoms with Gasteiger partial charge >= 0.3 is 0 Å². The standard InChI is InChI=1S/C23H18N4O2/c1-2-27-19-10-6-5-7-15(19)18-13-14(11-12-20(18)27)24-23(29)21-16-8-3-4-9-17(16)22(28)26-25-21/h3-13H,2H2,1H3,(H,24,29)(H,26,28). The van der Waals surface area contributed by atoms with E-state index < -0.39 is 0 Å². The van der Waals surface area contributed by atoms with E-state index in [1.807, 2.05) is 30.3 Å². The Balaban J connectivity index is 1.59. The Morgan fingerprint density at radius 3 is 2.41 bits per heavy atom. The normalized spacial score (nSPS) is 11.3. The molecule has 5 rings (SSSR count). The van der Waals surface area contributed by atoms with Gasteiger partial charge in [0.05, 0.1) is 5.39 Å². The van der Waals surface area contributed by atoms with Gasteiger partial charge in [-0.3, -0.25) is 9.59 Å². The monoisotopic (exact) mass is 382 g/mol. The second kappa shape index (κ2) is 6.60. The molecule has 0 atom stereocenters. The predicted molar refractivity (Wildman–Crippen MR) is 115 cm³/mol. The Hall–Kier alpha value is -3.93. The van der Waals surface area contributed by atoms with E-state index >= 15 is 0 Å². The van der Waals surface area contributed by atoms with Gasteiger partial charge in [0.25, 0.3) is 11.5 Å². The molecule has 0 saturated carbocycles. The molecule has 1 amide bonds. The van der Waals surface area contributed by atoms with Crippen molar-refractivity contribution >= 4 is 44.2 Å². The van der Waals surface area contributed by atoms with Crippen LogP contribution in [0.2, 0.25) is 0 Å². The number of carbonyl (C=O) groups excluding carboxylic acids is 1. The van der Waals surface area contributed by atoms with E-state index in [1.54, 1.807) is 24.3 Å². The molecular formula is C23H18N4O2. The third-order valence-electron chi connectivity index (χ3n) is 5.26. The first-order chi connectivity index (χ1) is 14.2. The van der Waals surface area contributed by atoms with E-state index in [0.29, 0.717) is 16.5 Å². The van der Waals surface area contributed by atoms with Gasteiger partial charge in [-0.1, -0.05) is 36.4 Å². The van der Waals surface area contributed by atoms with E-state index in [4.69, 9.17) is 0 Å². The summed E-state index contributed by atoms with van der Waals surface area (Å²) < 4.78 is 2.26. The number of nitrogens with zero attached hydrogens (tertiary/aromatic N) is 2. The molecule has 0 radical (unpaired) electrons. The van der Waals surface area contributed by atoms with Crippen LogP contribution in [0.3, 0.4) is 0 Å². The molecule has 0 unspecified atom stereocenters. The van der Waals surface area contributed by atoms with Crippen LogP contribution in [-0.4, -0.2) is 20.7 Å². The van der Waals surface area contributed by atoms with Gasteiger partial charge in [0.2, 0.25) is 0 Å². The summed E-state index contributed by atoms with van der Waals surface area (Å²) >= 11 is 0. The van der Waals surface area contributed by atoms with Gasteiger partial charge in [-0.2, -0.15) is 5.10 Å². The Morgan fingerprint density at radius 1 is 0.931 bits per heavy atom. The lowest BCUT2D eigenvalue weighted by atomic mass is 10.1. The summed E-state index contributed by atoms with van der Waals surface area (Å²) in [7, 11) is 0.